The Bertz CT molecular complexity index is 875. The van der Waals surface area contributed by atoms with Gasteiger partial charge in [0.1, 0.15) is 0 Å². The molecule has 0 saturated carbocycles. The molecule has 120 valence electrons. The van der Waals surface area contributed by atoms with Gasteiger partial charge >= 0.3 is 5.97 Å². The van der Waals surface area contributed by atoms with Crippen molar-refractivity contribution in [2.75, 3.05) is 0 Å². The van der Waals surface area contributed by atoms with E-state index in [0.29, 0.717) is 10.4 Å². The molecule has 0 fully saturated rings. The van der Waals surface area contributed by atoms with Crippen LogP contribution in [0.3, 0.4) is 0 Å². The van der Waals surface area contributed by atoms with Gasteiger partial charge in [-0.3, -0.25) is 9.78 Å². The zero-order valence-corrected chi connectivity index (χ0v) is 13.7. The molecule has 6 heteroatoms. The van der Waals surface area contributed by atoms with Gasteiger partial charge in [-0.1, -0.05) is 24.3 Å². The van der Waals surface area contributed by atoms with Crippen LogP contribution < -0.4 is 5.48 Å². The number of hydrogen-bond acceptors (Lipinski definition) is 5. The van der Waals surface area contributed by atoms with Gasteiger partial charge in [0.25, 0.3) is 5.91 Å². The standard InChI is InChI=1S/C18H14N2O3S/c1-12-6-5-9-19-16(12)14-10-15(24-11-14)17(21)20-23-18(22)13-7-3-2-4-8-13/h2-11H,1H3,(H,20,21). The van der Waals surface area contributed by atoms with Crippen LogP contribution in [0.25, 0.3) is 11.3 Å². The number of benzene rings is 1. The highest BCUT2D eigenvalue weighted by atomic mass is 32.1. The lowest BCUT2D eigenvalue weighted by molar-refractivity contribution is 0.0232. The summed E-state index contributed by atoms with van der Waals surface area (Å²) in [5.74, 6) is -1.08. The maximum Gasteiger partial charge on any atom is 0.362 e. The Kier molecular flexibility index (Phi) is 4.67. The summed E-state index contributed by atoms with van der Waals surface area (Å²) in [7, 11) is 0. The van der Waals surface area contributed by atoms with Gasteiger partial charge in [0.2, 0.25) is 0 Å². The molecule has 3 aromatic rings. The van der Waals surface area contributed by atoms with Crippen LogP contribution in [0.1, 0.15) is 25.6 Å². The molecule has 0 saturated heterocycles. The summed E-state index contributed by atoms with van der Waals surface area (Å²) in [4.78, 5) is 33.5. The number of hydroxylamine groups is 1. The fraction of sp³-hybridized carbons (Fsp3) is 0.0556. The van der Waals surface area contributed by atoms with Crippen LogP contribution in [-0.4, -0.2) is 16.9 Å². The molecule has 2 aromatic heterocycles. The fourth-order valence-corrected chi connectivity index (χ4v) is 2.92. The van der Waals surface area contributed by atoms with Gasteiger partial charge in [-0.15, -0.1) is 11.3 Å². The molecule has 0 radical (unpaired) electrons. The van der Waals surface area contributed by atoms with Crippen molar-refractivity contribution in [3.05, 3.63) is 76.1 Å². The van der Waals surface area contributed by atoms with Crippen LogP contribution in [0.4, 0.5) is 0 Å². The Hall–Kier alpha value is -2.99. The quantitative estimate of drug-likeness (QED) is 0.741. The zero-order chi connectivity index (χ0) is 16.9. The lowest BCUT2D eigenvalue weighted by Gasteiger charge is -2.04. The number of aryl methyl sites for hydroxylation is 1. The second-order valence-electron chi connectivity index (χ2n) is 5.06. The maximum absolute atomic E-state index is 12.1. The van der Waals surface area contributed by atoms with E-state index in [0.717, 1.165) is 16.8 Å². The van der Waals surface area contributed by atoms with Gasteiger partial charge < -0.3 is 4.84 Å². The molecular formula is C18H14N2O3S. The molecule has 0 atom stereocenters. The first-order valence-electron chi connectivity index (χ1n) is 7.22. The monoisotopic (exact) mass is 338 g/mol. The third-order valence-electron chi connectivity index (χ3n) is 3.35. The fourth-order valence-electron chi connectivity index (χ4n) is 2.14. The van der Waals surface area contributed by atoms with Crippen LogP contribution in [0.2, 0.25) is 0 Å². The molecule has 2 heterocycles. The van der Waals surface area contributed by atoms with E-state index in [9.17, 15) is 9.59 Å². The number of carbonyl (C=O) groups excluding carboxylic acids is 2. The Morgan fingerprint density at radius 1 is 1.12 bits per heavy atom. The van der Waals surface area contributed by atoms with Crippen molar-refractivity contribution in [1.82, 2.24) is 10.5 Å². The van der Waals surface area contributed by atoms with E-state index in [2.05, 4.69) is 10.5 Å². The Morgan fingerprint density at radius 3 is 2.67 bits per heavy atom. The summed E-state index contributed by atoms with van der Waals surface area (Å²) in [5.41, 5.74) is 5.26. The van der Waals surface area contributed by atoms with Gasteiger partial charge in [-0.05, 0) is 36.8 Å². The number of rotatable bonds is 3. The van der Waals surface area contributed by atoms with Crippen molar-refractivity contribution in [3.63, 3.8) is 0 Å². The molecule has 1 N–H and O–H groups in total. The van der Waals surface area contributed by atoms with Crippen LogP contribution >= 0.6 is 11.3 Å². The van der Waals surface area contributed by atoms with E-state index in [1.165, 1.54) is 11.3 Å². The van der Waals surface area contributed by atoms with Crippen molar-refractivity contribution in [2.24, 2.45) is 0 Å². The topological polar surface area (TPSA) is 68.3 Å². The summed E-state index contributed by atoms with van der Waals surface area (Å²) >= 11 is 1.27. The van der Waals surface area contributed by atoms with Gasteiger partial charge in [-0.2, -0.15) is 5.48 Å². The minimum atomic E-state index is -0.610. The Balaban J connectivity index is 1.66. The summed E-state index contributed by atoms with van der Waals surface area (Å²) in [6.45, 7) is 1.96. The average Bonchev–Trinajstić information content (AvgIpc) is 3.10. The minimum Gasteiger partial charge on any atom is -0.335 e. The number of nitrogens with zero attached hydrogens (tertiary/aromatic N) is 1. The van der Waals surface area contributed by atoms with E-state index in [-0.39, 0.29) is 0 Å². The van der Waals surface area contributed by atoms with Crippen LogP contribution in [-0.2, 0) is 4.84 Å². The highest BCUT2D eigenvalue weighted by Gasteiger charge is 2.14. The molecular weight excluding hydrogens is 324 g/mol. The SMILES string of the molecule is Cc1cccnc1-c1csc(C(=O)NOC(=O)c2ccccc2)c1. The molecule has 0 aliphatic heterocycles. The number of thiophene rings is 1. The third kappa shape index (κ3) is 3.49. The number of hydrogen-bond donors (Lipinski definition) is 1. The molecule has 1 amide bonds. The second kappa shape index (κ2) is 7.06. The van der Waals surface area contributed by atoms with Crippen molar-refractivity contribution < 1.29 is 14.4 Å². The molecule has 5 nitrogen and oxygen atoms in total. The van der Waals surface area contributed by atoms with E-state index < -0.39 is 11.9 Å². The number of carbonyl (C=O) groups is 2. The lowest BCUT2D eigenvalue weighted by Crippen LogP contribution is -2.26. The highest BCUT2D eigenvalue weighted by molar-refractivity contribution is 7.12. The molecule has 3 rings (SSSR count). The molecule has 24 heavy (non-hydrogen) atoms. The van der Waals surface area contributed by atoms with Gasteiger partial charge in [0.05, 0.1) is 16.1 Å². The first kappa shape index (κ1) is 15.9. The predicted octanol–water partition coefficient (Wildman–Crippen LogP) is 3.62. The Labute approximate surface area is 142 Å². The average molecular weight is 338 g/mol. The molecule has 0 unspecified atom stereocenters. The first-order chi connectivity index (χ1) is 11.6. The molecule has 0 spiro atoms. The van der Waals surface area contributed by atoms with Crippen molar-refractivity contribution in [1.29, 1.82) is 0 Å². The van der Waals surface area contributed by atoms with Crippen molar-refractivity contribution in [2.45, 2.75) is 6.92 Å². The minimum absolute atomic E-state index is 0.369. The molecule has 1 aromatic carbocycles. The van der Waals surface area contributed by atoms with Crippen molar-refractivity contribution >= 4 is 23.2 Å². The van der Waals surface area contributed by atoms with Gasteiger partial charge in [0, 0.05) is 17.1 Å². The largest absolute Gasteiger partial charge is 0.362 e. The number of pyridine rings is 1. The van der Waals surface area contributed by atoms with E-state index >= 15 is 0 Å². The van der Waals surface area contributed by atoms with E-state index in [1.54, 1.807) is 42.6 Å². The third-order valence-corrected chi connectivity index (χ3v) is 4.28. The highest BCUT2D eigenvalue weighted by Crippen LogP contribution is 2.26. The first-order valence-corrected chi connectivity index (χ1v) is 8.10. The van der Waals surface area contributed by atoms with Gasteiger partial charge in [-0.25, -0.2) is 4.79 Å². The summed E-state index contributed by atoms with van der Waals surface area (Å²) < 4.78 is 0. The second-order valence-corrected chi connectivity index (χ2v) is 5.97. The number of amides is 1. The summed E-state index contributed by atoms with van der Waals surface area (Å²) in [6.07, 6.45) is 1.71. The summed E-state index contributed by atoms with van der Waals surface area (Å²) in [5, 5.41) is 1.85. The number of nitrogens with one attached hydrogen (secondary N) is 1. The van der Waals surface area contributed by atoms with Crippen LogP contribution in [0.5, 0.6) is 0 Å². The van der Waals surface area contributed by atoms with Crippen LogP contribution in [0.15, 0.2) is 60.1 Å². The maximum atomic E-state index is 12.1. The van der Waals surface area contributed by atoms with E-state index in [4.69, 9.17) is 4.84 Å². The lowest BCUT2D eigenvalue weighted by atomic mass is 10.1. The smallest absolute Gasteiger partial charge is 0.335 e. The zero-order valence-electron chi connectivity index (χ0n) is 12.9. The molecule has 0 aliphatic rings. The predicted molar refractivity (Wildman–Crippen MR) is 91.6 cm³/mol. The number of aromatic nitrogens is 1. The van der Waals surface area contributed by atoms with Crippen LogP contribution in [0, 0.1) is 6.92 Å². The van der Waals surface area contributed by atoms with Crippen molar-refractivity contribution in [3.8, 4) is 11.3 Å². The normalized spacial score (nSPS) is 10.2. The van der Waals surface area contributed by atoms with E-state index in [1.807, 2.05) is 24.4 Å². The molecule has 0 aliphatic carbocycles. The molecule has 0 bridgehead atoms. The van der Waals surface area contributed by atoms with Gasteiger partial charge in [0.15, 0.2) is 0 Å². The summed E-state index contributed by atoms with van der Waals surface area (Å²) in [6, 6.07) is 14.0. The Morgan fingerprint density at radius 2 is 1.92 bits per heavy atom.